The fourth-order valence-corrected chi connectivity index (χ4v) is 2.43. The quantitative estimate of drug-likeness (QED) is 0.906. The van der Waals surface area contributed by atoms with E-state index >= 15 is 0 Å². The zero-order valence-corrected chi connectivity index (χ0v) is 10.7. The minimum absolute atomic E-state index is 0.0885. The largest absolute Gasteiger partial charge is 0.497 e. The third-order valence-electron chi connectivity index (χ3n) is 2.62. The number of ether oxygens (including phenoxy) is 1. The second-order valence-electron chi connectivity index (χ2n) is 3.89. The van der Waals surface area contributed by atoms with Gasteiger partial charge in [-0.25, -0.2) is 4.98 Å². The zero-order chi connectivity index (χ0) is 12.3. The predicted molar refractivity (Wildman–Crippen MR) is 69.6 cm³/mol. The van der Waals surface area contributed by atoms with E-state index in [0.29, 0.717) is 0 Å². The van der Waals surface area contributed by atoms with Crippen LogP contribution in [0.5, 0.6) is 5.75 Å². The fraction of sp³-hybridized carbons (Fsp3) is 0.308. The first kappa shape index (κ1) is 12.1. The summed E-state index contributed by atoms with van der Waals surface area (Å²) in [6.45, 7) is 2.09. The van der Waals surface area contributed by atoms with Gasteiger partial charge in [0.1, 0.15) is 10.8 Å². The topological polar surface area (TPSA) is 42.4 Å². The van der Waals surface area contributed by atoms with Gasteiger partial charge in [-0.15, -0.1) is 11.3 Å². The van der Waals surface area contributed by atoms with Crippen LogP contribution in [0.25, 0.3) is 10.6 Å². The lowest BCUT2D eigenvalue weighted by Crippen LogP contribution is -1.98. The molecule has 17 heavy (non-hydrogen) atoms. The molecule has 0 spiro atoms. The van der Waals surface area contributed by atoms with Crippen molar-refractivity contribution in [1.82, 2.24) is 4.98 Å². The van der Waals surface area contributed by atoms with Gasteiger partial charge >= 0.3 is 0 Å². The minimum Gasteiger partial charge on any atom is -0.497 e. The van der Waals surface area contributed by atoms with Crippen molar-refractivity contribution in [2.24, 2.45) is 0 Å². The maximum absolute atomic E-state index is 9.09. The summed E-state index contributed by atoms with van der Waals surface area (Å²) in [6, 6.07) is 7.83. The van der Waals surface area contributed by atoms with Crippen LogP contribution in [0.15, 0.2) is 29.6 Å². The van der Waals surface area contributed by atoms with Gasteiger partial charge in [0, 0.05) is 16.9 Å². The Bertz CT molecular complexity index is 496. The summed E-state index contributed by atoms with van der Waals surface area (Å²) in [5.41, 5.74) is 1.99. The Hall–Kier alpha value is -1.39. The van der Waals surface area contributed by atoms with Crippen molar-refractivity contribution in [2.75, 3.05) is 13.7 Å². The number of benzene rings is 1. The highest BCUT2D eigenvalue weighted by atomic mass is 32.1. The molecule has 90 valence electrons. The number of hydrogen-bond donors (Lipinski definition) is 1. The summed E-state index contributed by atoms with van der Waals surface area (Å²) < 4.78 is 5.19. The molecule has 4 heteroatoms. The van der Waals surface area contributed by atoms with Crippen molar-refractivity contribution in [3.63, 3.8) is 0 Å². The molecule has 1 unspecified atom stereocenters. The van der Waals surface area contributed by atoms with Crippen LogP contribution in [0.4, 0.5) is 0 Å². The molecule has 3 nitrogen and oxygen atoms in total. The van der Waals surface area contributed by atoms with E-state index in [-0.39, 0.29) is 12.5 Å². The smallest absolute Gasteiger partial charge is 0.123 e. The number of rotatable bonds is 4. The average molecular weight is 249 g/mol. The summed E-state index contributed by atoms with van der Waals surface area (Å²) in [6.07, 6.45) is 0. The van der Waals surface area contributed by atoms with E-state index in [1.807, 2.05) is 36.6 Å². The number of aromatic nitrogens is 1. The highest BCUT2D eigenvalue weighted by Crippen LogP contribution is 2.28. The molecule has 0 amide bonds. The molecule has 0 saturated heterocycles. The van der Waals surface area contributed by atoms with Gasteiger partial charge in [0.2, 0.25) is 0 Å². The Morgan fingerprint density at radius 3 is 3.00 bits per heavy atom. The van der Waals surface area contributed by atoms with Gasteiger partial charge in [-0.05, 0) is 12.1 Å². The van der Waals surface area contributed by atoms with E-state index < -0.39 is 0 Å². The maximum atomic E-state index is 9.09. The van der Waals surface area contributed by atoms with Crippen molar-refractivity contribution in [2.45, 2.75) is 12.8 Å². The molecule has 0 aliphatic carbocycles. The van der Waals surface area contributed by atoms with Gasteiger partial charge < -0.3 is 9.84 Å². The molecule has 0 saturated carbocycles. The van der Waals surface area contributed by atoms with Crippen LogP contribution in [0.3, 0.4) is 0 Å². The maximum Gasteiger partial charge on any atom is 0.123 e. The van der Waals surface area contributed by atoms with Gasteiger partial charge in [0.15, 0.2) is 0 Å². The van der Waals surface area contributed by atoms with Crippen LogP contribution in [0.1, 0.15) is 18.5 Å². The van der Waals surface area contributed by atoms with Gasteiger partial charge in [0.25, 0.3) is 0 Å². The third kappa shape index (κ3) is 2.65. The minimum atomic E-state index is 0.0885. The first-order valence-corrected chi connectivity index (χ1v) is 6.33. The number of aliphatic hydroxyl groups is 1. The van der Waals surface area contributed by atoms with Crippen molar-refractivity contribution in [3.05, 3.63) is 35.3 Å². The number of nitrogens with zero attached hydrogens (tertiary/aromatic N) is 1. The predicted octanol–water partition coefficient (Wildman–Crippen LogP) is 2.91. The van der Waals surface area contributed by atoms with E-state index in [1.165, 1.54) is 0 Å². The van der Waals surface area contributed by atoms with E-state index in [9.17, 15) is 0 Å². The zero-order valence-electron chi connectivity index (χ0n) is 9.88. The van der Waals surface area contributed by atoms with Gasteiger partial charge in [-0.2, -0.15) is 0 Å². The summed E-state index contributed by atoms with van der Waals surface area (Å²) >= 11 is 1.59. The lowest BCUT2D eigenvalue weighted by molar-refractivity contribution is 0.271. The standard InChI is InChI=1S/C13H15NO2S/c1-9(7-15)12-8-17-13(14-12)10-4-3-5-11(6-10)16-2/h3-6,8-9,15H,7H2,1-2H3. The van der Waals surface area contributed by atoms with Crippen molar-refractivity contribution in [1.29, 1.82) is 0 Å². The van der Waals surface area contributed by atoms with E-state index in [1.54, 1.807) is 18.4 Å². The molecule has 1 aromatic heterocycles. The van der Waals surface area contributed by atoms with Crippen LogP contribution in [0.2, 0.25) is 0 Å². The van der Waals surface area contributed by atoms with Crippen LogP contribution in [-0.4, -0.2) is 23.8 Å². The molecule has 0 aliphatic heterocycles. The Morgan fingerprint density at radius 2 is 2.29 bits per heavy atom. The van der Waals surface area contributed by atoms with Crippen molar-refractivity contribution in [3.8, 4) is 16.3 Å². The van der Waals surface area contributed by atoms with Crippen LogP contribution >= 0.6 is 11.3 Å². The van der Waals surface area contributed by atoms with Gasteiger partial charge in [0.05, 0.1) is 19.4 Å². The monoisotopic (exact) mass is 249 g/mol. The summed E-state index contributed by atoms with van der Waals surface area (Å²) in [7, 11) is 1.65. The van der Waals surface area contributed by atoms with E-state index in [0.717, 1.165) is 22.0 Å². The van der Waals surface area contributed by atoms with Gasteiger partial charge in [-0.1, -0.05) is 19.1 Å². The molecule has 2 aromatic rings. The Morgan fingerprint density at radius 1 is 1.47 bits per heavy atom. The molecule has 1 aromatic carbocycles. The summed E-state index contributed by atoms with van der Waals surface area (Å²) in [5.74, 6) is 0.917. The average Bonchev–Trinajstić information content (AvgIpc) is 2.87. The second-order valence-corrected chi connectivity index (χ2v) is 4.75. The molecular weight excluding hydrogens is 234 g/mol. The van der Waals surface area contributed by atoms with Crippen LogP contribution in [0, 0.1) is 0 Å². The Balaban J connectivity index is 2.30. The molecular formula is C13H15NO2S. The Labute approximate surface area is 105 Å². The normalized spacial score (nSPS) is 12.4. The molecule has 0 fully saturated rings. The first-order valence-electron chi connectivity index (χ1n) is 5.45. The van der Waals surface area contributed by atoms with Gasteiger partial charge in [-0.3, -0.25) is 0 Å². The third-order valence-corrected chi connectivity index (χ3v) is 3.53. The molecule has 0 aliphatic rings. The van der Waals surface area contributed by atoms with E-state index in [4.69, 9.17) is 9.84 Å². The lowest BCUT2D eigenvalue weighted by atomic mass is 10.1. The molecule has 1 N–H and O–H groups in total. The molecule has 0 bridgehead atoms. The molecule has 2 rings (SSSR count). The highest BCUT2D eigenvalue weighted by Gasteiger charge is 2.10. The SMILES string of the molecule is COc1cccc(-c2nc(C(C)CO)cs2)c1. The lowest BCUT2D eigenvalue weighted by Gasteiger charge is -2.03. The number of methoxy groups -OCH3 is 1. The first-order chi connectivity index (χ1) is 8.24. The Kier molecular flexibility index (Phi) is 3.76. The van der Waals surface area contributed by atoms with Crippen molar-refractivity contribution < 1.29 is 9.84 Å². The summed E-state index contributed by atoms with van der Waals surface area (Å²) in [5, 5.41) is 12.0. The van der Waals surface area contributed by atoms with Crippen molar-refractivity contribution >= 4 is 11.3 Å². The number of hydrogen-bond acceptors (Lipinski definition) is 4. The fourth-order valence-electron chi connectivity index (χ4n) is 1.49. The number of aliphatic hydroxyl groups excluding tert-OH is 1. The highest BCUT2D eigenvalue weighted by molar-refractivity contribution is 7.13. The number of thiazole rings is 1. The molecule has 1 heterocycles. The van der Waals surface area contributed by atoms with Crippen LogP contribution < -0.4 is 4.74 Å². The molecule has 1 atom stereocenters. The van der Waals surface area contributed by atoms with E-state index in [2.05, 4.69) is 4.98 Å². The van der Waals surface area contributed by atoms with Crippen LogP contribution in [-0.2, 0) is 0 Å². The molecule has 0 radical (unpaired) electrons. The second kappa shape index (κ2) is 5.29. The summed E-state index contributed by atoms with van der Waals surface area (Å²) in [4.78, 5) is 4.53.